The Morgan fingerprint density at radius 1 is 1.21 bits per heavy atom. The molecule has 0 saturated carbocycles. The van der Waals surface area contributed by atoms with E-state index < -0.39 is 0 Å². The molecule has 28 heavy (non-hydrogen) atoms. The van der Waals surface area contributed by atoms with Crippen LogP contribution in [0.5, 0.6) is 0 Å². The molecule has 0 aliphatic carbocycles. The molecule has 6 nitrogen and oxygen atoms in total. The zero-order chi connectivity index (χ0) is 20.1. The summed E-state index contributed by atoms with van der Waals surface area (Å²) in [6.45, 7) is 4.07. The second-order valence-corrected chi connectivity index (χ2v) is 7.13. The van der Waals surface area contributed by atoms with Gasteiger partial charge in [0.2, 0.25) is 0 Å². The first-order chi connectivity index (χ1) is 13.5. The maximum atomic E-state index is 12.9. The fourth-order valence-electron chi connectivity index (χ4n) is 3.57. The third-order valence-electron chi connectivity index (χ3n) is 5.23. The molecule has 1 aliphatic rings. The van der Waals surface area contributed by atoms with Crippen LogP contribution in [0, 0.1) is 0 Å². The number of likely N-dealkylation sites (N-methyl/N-ethyl adjacent to an activating group) is 1. The first-order valence-corrected chi connectivity index (χ1v) is 9.79. The van der Waals surface area contributed by atoms with E-state index in [0.29, 0.717) is 24.3 Å². The Labute approximate surface area is 166 Å². The summed E-state index contributed by atoms with van der Waals surface area (Å²) in [5, 5.41) is 0. The van der Waals surface area contributed by atoms with Gasteiger partial charge >= 0.3 is 5.97 Å². The number of aromatic nitrogens is 1. The van der Waals surface area contributed by atoms with Gasteiger partial charge in [-0.15, -0.1) is 0 Å². The molecule has 2 aromatic rings. The van der Waals surface area contributed by atoms with E-state index in [1.54, 1.807) is 17.7 Å². The minimum atomic E-state index is -0.371. The van der Waals surface area contributed by atoms with E-state index >= 15 is 0 Å². The summed E-state index contributed by atoms with van der Waals surface area (Å²) in [5.74, 6) is -0.351. The minimum absolute atomic E-state index is 0.0199. The van der Waals surface area contributed by atoms with Gasteiger partial charge in [-0.2, -0.15) is 0 Å². The predicted octanol–water partition coefficient (Wildman–Crippen LogP) is 3.51. The molecule has 1 aliphatic heterocycles. The second kappa shape index (κ2) is 9.06. The summed E-state index contributed by atoms with van der Waals surface area (Å²) in [6, 6.07) is 9.30. The van der Waals surface area contributed by atoms with Gasteiger partial charge in [-0.25, -0.2) is 4.79 Å². The molecule has 6 heteroatoms. The van der Waals surface area contributed by atoms with Crippen LogP contribution in [0.1, 0.15) is 47.0 Å². The van der Waals surface area contributed by atoms with Crippen LogP contribution >= 0.6 is 0 Å². The van der Waals surface area contributed by atoms with Crippen LogP contribution in [0.15, 0.2) is 36.5 Å². The summed E-state index contributed by atoms with van der Waals surface area (Å²) >= 11 is 0. The number of esters is 1. The maximum absolute atomic E-state index is 12.9. The summed E-state index contributed by atoms with van der Waals surface area (Å²) in [4.78, 5) is 26.5. The predicted molar refractivity (Wildman–Crippen MR) is 107 cm³/mol. The van der Waals surface area contributed by atoms with Crippen molar-refractivity contribution < 1.29 is 19.1 Å². The summed E-state index contributed by atoms with van der Waals surface area (Å²) in [6.07, 6.45) is 5.30. The standard InChI is InChI=1S/C22H28N2O4/c1-4-24(15-19-7-5-6-12-28-19)21(25)17-10-8-16(9-11-17)18-13-20(22(26)27-3)23(2)14-18/h8-11,13-14,19H,4-7,12,15H2,1-3H3/t19-/m0/s1. The molecule has 3 rings (SSSR count). The molecule has 1 amide bonds. The second-order valence-electron chi connectivity index (χ2n) is 7.13. The molecule has 1 atom stereocenters. The SMILES string of the molecule is CCN(C[C@@H]1CCCCO1)C(=O)c1ccc(-c2cc(C(=O)OC)n(C)c2)cc1. The van der Waals surface area contributed by atoms with Crippen molar-refractivity contribution in [2.24, 2.45) is 7.05 Å². The van der Waals surface area contributed by atoms with Crippen LogP contribution in [0.25, 0.3) is 11.1 Å². The van der Waals surface area contributed by atoms with Gasteiger partial charge in [0.25, 0.3) is 5.91 Å². The van der Waals surface area contributed by atoms with Crippen LogP contribution < -0.4 is 0 Å². The van der Waals surface area contributed by atoms with E-state index in [1.807, 2.05) is 42.3 Å². The number of aryl methyl sites for hydroxylation is 1. The highest BCUT2D eigenvalue weighted by Gasteiger charge is 2.21. The summed E-state index contributed by atoms with van der Waals surface area (Å²) in [7, 11) is 3.17. The molecule has 1 aromatic carbocycles. The highest BCUT2D eigenvalue weighted by molar-refractivity contribution is 5.95. The van der Waals surface area contributed by atoms with E-state index in [-0.39, 0.29) is 18.0 Å². The van der Waals surface area contributed by atoms with Crippen LogP contribution in [-0.4, -0.2) is 54.3 Å². The average molecular weight is 384 g/mol. The monoisotopic (exact) mass is 384 g/mol. The molecule has 1 fully saturated rings. The number of hydrogen-bond acceptors (Lipinski definition) is 4. The van der Waals surface area contributed by atoms with E-state index in [2.05, 4.69) is 0 Å². The third kappa shape index (κ3) is 4.44. The van der Waals surface area contributed by atoms with Gasteiger partial charge in [0.15, 0.2) is 0 Å². The van der Waals surface area contributed by atoms with Crippen LogP contribution in [0.2, 0.25) is 0 Å². The number of carbonyl (C=O) groups is 2. The smallest absolute Gasteiger partial charge is 0.354 e. The summed E-state index contributed by atoms with van der Waals surface area (Å²) in [5.41, 5.74) is 3.00. The van der Waals surface area contributed by atoms with E-state index in [1.165, 1.54) is 7.11 Å². The molecule has 1 aromatic heterocycles. The Kier molecular flexibility index (Phi) is 6.52. The van der Waals surface area contributed by atoms with Gasteiger partial charge in [0, 0.05) is 44.1 Å². The van der Waals surface area contributed by atoms with Gasteiger partial charge in [-0.05, 0) is 49.9 Å². The molecule has 0 N–H and O–H groups in total. The number of benzene rings is 1. The molecular weight excluding hydrogens is 356 g/mol. The number of amides is 1. The first kappa shape index (κ1) is 20.1. The number of nitrogens with zero attached hydrogens (tertiary/aromatic N) is 2. The molecule has 0 spiro atoms. The maximum Gasteiger partial charge on any atom is 0.354 e. The Bertz CT molecular complexity index is 820. The van der Waals surface area contributed by atoms with E-state index in [0.717, 1.165) is 37.0 Å². The molecule has 2 heterocycles. The molecule has 1 saturated heterocycles. The lowest BCUT2D eigenvalue weighted by Gasteiger charge is -2.29. The van der Waals surface area contributed by atoms with Gasteiger partial charge in [-0.3, -0.25) is 4.79 Å². The van der Waals surface area contributed by atoms with Crippen molar-refractivity contribution >= 4 is 11.9 Å². The fourth-order valence-corrected chi connectivity index (χ4v) is 3.57. The van der Waals surface area contributed by atoms with Crippen molar-refractivity contribution in [1.29, 1.82) is 0 Å². The molecule has 0 radical (unpaired) electrons. The van der Waals surface area contributed by atoms with Crippen molar-refractivity contribution in [2.45, 2.75) is 32.3 Å². The number of ether oxygens (including phenoxy) is 2. The Hall–Kier alpha value is -2.60. The molecule has 0 bridgehead atoms. The van der Waals surface area contributed by atoms with Gasteiger partial charge in [0.1, 0.15) is 5.69 Å². The third-order valence-corrected chi connectivity index (χ3v) is 5.23. The van der Waals surface area contributed by atoms with Crippen LogP contribution in [-0.2, 0) is 16.5 Å². The highest BCUT2D eigenvalue weighted by atomic mass is 16.5. The average Bonchev–Trinajstić information content (AvgIpc) is 3.13. The summed E-state index contributed by atoms with van der Waals surface area (Å²) < 4.78 is 12.3. The topological polar surface area (TPSA) is 60.8 Å². The van der Waals surface area contributed by atoms with Gasteiger partial charge in [0.05, 0.1) is 13.2 Å². The lowest BCUT2D eigenvalue weighted by Crippen LogP contribution is -2.39. The van der Waals surface area contributed by atoms with Crippen molar-refractivity contribution in [3.63, 3.8) is 0 Å². The van der Waals surface area contributed by atoms with Crippen molar-refractivity contribution in [3.05, 3.63) is 47.8 Å². The minimum Gasteiger partial charge on any atom is -0.464 e. The fraction of sp³-hybridized carbons (Fsp3) is 0.455. The zero-order valence-electron chi connectivity index (χ0n) is 16.8. The molecule has 150 valence electrons. The molecular formula is C22H28N2O4. The van der Waals surface area contributed by atoms with Crippen LogP contribution in [0.4, 0.5) is 0 Å². The Morgan fingerprint density at radius 3 is 2.57 bits per heavy atom. The lowest BCUT2D eigenvalue weighted by atomic mass is 10.0. The first-order valence-electron chi connectivity index (χ1n) is 9.79. The Morgan fingerprint density at radius 2 is 1.96 bits per heavy atom. The lowest BCUT2D eigenvalue weighted by molar-refractivity contribution is -0.00311. The number of hydrogen-bond donors (Lipinski definition) is 0. The number of rotatable bonds is 6. The normalized spacial score (nSPS) is 16.6. The molecule has 0 unspecified atom stereocenters. The van der Waals surface area contributed by atoms with Crippen molar-refractivity contribution in [2.75, 3.05) is 26.8 Å². The quantitative estimate of drug-likeness (QED) is 0.715. The largest absolute Gasteiger partial charge is 0.464 e. The van der Waals surface area contributed by atoms with E-state index in [9.17, 15) is 9.59 Å². The Balaban J connectivity index is 1.72. The van der Waals surface area contributed by atoms with E-state index in [4.69, 9.17) is 9.47 Å². The highest BCUT2D eigenvalue weighted by Crippen LogP contribution is 2.23. The van der Waals surface area contributed by atoms with Crippen LogP contribution in [0.3, 0.4) is 0 Å². The van der Waals surface area contributed by atoms with Gasteiger partial charge in [-0.1, -0.05) is 12.1 Å². The number of carbonyl (C=O) groups excluding carboxylic acids is 2. The van der Waals surface area contributed by atoms with Gasteiger partial charge < -0.3 is 18.9 Å². The van der Waals surface area contributed by atoms with Crippen molar-refractivity contribution in [1.82, 2.24) is 9.47 Å². The number of methoxy groups -OCH3 is 1. The van der Waals surface area contributed by atoms with Crippen molar-refractivity contribution in [3.8, 4) is 11.1 Å². The zero-order valence-corrected chi connectivity index (χ0v) is 16.8.